The maximum Gasteiger partial charge on any atom is 0.306 e. The van der Waals surface area contributed by atoms with Crippen LogP contribution in [-0.4, -0.2) is 69.4 Å². The highest BCUT2D eigenvalue weighted by Gasteiger charge is 2.27. The van der Waals surface area contributed by atoms with Crippen molar-refractivity contribution in [2.24, 2.45) is 0 Å². The first-order valence-electron chi connectivity index (χ1n) is 26.4. The number of likely N-dealkylation sites (N-methyl/N-ethyl adjacent to an activating group) is 1. The van der Waals surface area contributed by atoms with Gasteiger partial charge in [-0.25, -0.2) is 0 Å². The van der Waals surface area contributed by atoms with Gasteiger partial charge in [0.2, 0.25) is 5.91 Å². The predicted octanol–water partition coefficient (Wildman–Crippen LogP) is 14.9. The molecule has 1 N–H and O–H groups in total. The lowest BCUT2D eigenvalue weighted by Crippen LogP contribution is -2.47. The molecule has 0 aliphatic carbocycles. The van der Waals surface area contributed by atoms with Gasteiger partial charge in [0, 0.05) is 12.8 Å². The van der Waals surface area contributed by atoms with Gasteiger partial charge in [-0.2, -0.15) is 0 Å². The molecule has 0 bridgehead atoms. The summed E-state index contributed by atoms with van der Waals surface area (Å²) >= 11 is 0. The van der Waals surface area contributed by atoms with Crippen molar-refractivity contribution in [1.82, 2.24) is 5.32 Å². The number of allylic oxidation sites excluding steroid dienone is 13. The van der Waals surface area contributed by atoms with Gasteiger partial charge in [-0.05, 0) is 83.1 Å². The number of nitrogens with one attached hydrogen (secondary N) is 1. The third kappa shape index (κ3) is 46.3. The van der Waals surface area contributed by atoms with Crippen LogP contribution >= 0.6 is 7.82 Å². The number of hydrogen-bond acceptors (Lipinski definition) is 7. The molecule has 380 valence electrons. The van der Waals surface area contributed by atoms with Gasteiger partial charge in [-0.3, -0.25) is 14.2 Å². The summed E-state index contributed by atoms with van der Waals surface area (Å²) in [7, 11) is 1.12. The summed E-state index contributed by atoms with van der Waals surface area (Å²) in [5.74, 6) is -0.656. The number of carbonyl (C=O) groups is 2. The molecule has 3 unspecified atom stereocenters. The predicted molar refractivity (Wildman–Crippen MR) is 279 cm³/mol. The number of nitrogens with zero attached hydrogens (tertiary/aromatic N) is 1. The first kappa shape index (κ1) is 63.2. The van der Waals surface area contributed by atoms with Crippen molar-refractivity contribution in [2.45, 2.75) is 219 Å². The van der Waals surface area contributed by atoms with Crippen molar-refractivity contribution < 1.29 is 37.3 Å². The number of esters is 1. The highest BCUT2D eigenvalue weighted by atomic mass is 31.2. The Morgan fingerprint density at radius 1 is 0.545 bits per heavy atom. The minimum Gasteiger partial charge on any atom is -0.756 e. The van der Waals surface area contributed by atoms with Gasteiger partial charge in [-0.15, -0.1) is 0 Å². The summed E-state index contributed by atoms with van der Waals surface area (Å²) in [6.45, 7) is 6.60. The molecule has 0 aliphatic heterocycles. The Morgan fingerprint density at radius 2 is 1.00 bits per heavy atom. The Morgan fingerprint density at radius 3 is 1.53 bits per heavy atom. The van der Waals surface area contributed by atoms with E-state index in [0.717, 1.165) is 89.9 Å². The molecule has 1 amide bonds. The van der Waals surface area contributed by atoms with E-state index in [1.807, 2.05) is 39.4 Å². The van der Waals surface area contributed by atoms with Crippen LogP contribution in [-0.2, 0) is 27.9 Å². The zero-order valence-electron chi connectivity index (χ0n) is 43.1. The molecule has 0 fully saturated rings. The number of carbonyl (C=O) groups excluding carboxylic acids is 2. The maximum absolute atomic E-state index is 13.4. The summed E-state index contributed by atoms with van der Waals surface area (Å²) in [6.07, 6.45) is 58.5. The molecular formula is C56H99N2O7P. The Bertz CT molecular complexity index is 1410. The third-order valence-electron chi connectivity index (χ3n) is 11.1. The van der Waals surface area contributed by atoms with Crippen molar-refractivity contribution in [3.8, 4) is 0 Å². The lowest BCUT2D eigenvalue weighted by molar-refractivity contribution is -0.870. The van der Waals surface area contributed by atoms with E-state index in [-0.39, 0.29) is 31.3 Å². The second-order valence-corrected chi connectivity index (χ2v) is 20.0. The zero-order chi connectivity index (χ0) is 48.7. The number of phosphoric ester groups is 1. The van der Waals surface area contributed by atoms with Gasteiger partial charge in [0.15, 0.2) is 0 Å². The Hall–Kier alpha value is -2.81. The highest BCUT2D eigenvalue weighted by molar-refractivity contribution is 7.45. The van der Waals surface area contributed by atoms with Crippen LogP contribution in [0.1, 0.15) is 207 Å². The smallest absolute Gasteiger partial charge is 0.306 e. The van der Waals surface area contributed by atoms with Gasteiger partial charge >= 0.3 is 5.97 Å². The molecule has 0 saturated heterocycles. The van der Waals surface area contributed by atoms with E-state index in [2.05, 4.69) is 86.8 Å². The summed E-state index contributed by atoms with van der Waals surface area (Å²) in [4.78, 5) is 39.6. The fourth-order valence-corrected chi connectivity index (χ4v) is 7.68. The van der Waals surface area contributed by atoms with Gasteiger partial charge in [0.05, 0.1) is 33.8 Å². The SMILES string of the molecule is CC/C=C/C/C=C/C/C=C/C/C=C/C/C=C/CCC(=O)NC(COP(=O)([O-])OCC[N+](C)(C)C)C(/C=C/CCCCCCCCCCCCC)OC(=O)CCCCCCC/C=C\CCCC. The average molecular weight is 943 g/mol. The number of hydrogen-bond donors (Lipinski definition) is 1. The van der Waals surface area contributed by atoms with Crippen molar-refractivity contribution in [1.29, 1.82) is 0 Å². The third-order valence-corrected chi connectivity index (χ3v) is 12.0. The van der Waals surface area contributed by atoms with Gasteiger partial charge in [0.25, 0.3) is 7.82 Å². The van der Waals surface area contributed by atoms with E-state index in [4.69, 9.17) is 13.8 Å². The minimum absolute atomic E-state index is 0.0402. The van der Waals surface area contributed by atoms with Crippen LogP contribution in [0.25, 0.3) is 0 Å². The van der Waals surface area contributed by atoms with Crippen molar-refractivity contribution in [3.63, 3.8) is 0 Å². The minimum atomic E-state index is -4.71. The van der Waals surface area contributed by atoms with E-state index in [1.165, 1.54) is 70.6 Å². The monoisotopic (exact) mass is 943 g/mol. The number of quaternary nitrogens is 1. The van der Waals surface area contributed by atoms with E-state index in [0.29, 0.717) is 23.9 Å². The standard InChI is InChI=1S/C56H99N2O7P/c1-7-10-13-16-19-22-25-27-28-29-31-34-36-39-42-45-48-55(59)57-53(52-64-66(61,62)63-51-50-58(4,5)6)54(47-44-41-38-35-33-30-26-23-20-17-14-11-8-2)65-56(60)49-46-43-40-37-32-24-21-18-15-12-9-3/h10,13,18-19,21-22,27-28,31,34,39,42,44,47,53-54H,7-9,11-12,14-17,20,23-26,29-30,32-33,35-38,40-41,43,45-46,48-52H2,1-6H3,(H-,57,59,61,62)/b13-10+,21-18-,22-19+,28-27+,34-31+,42-39+,47-44+. The van der Waals surface area contributed by atoms with E-state index >= 15 is 0 Å². The molecule has 0 saturated carbocycles. The second kappa shape index (κ2) is 45.9. The molecule has 0 rings (SSSR count). The molecule has 3 atom stereocenters. The van der Waals surface area contributed by atoms with E-state index in [1.54, 1.807) is 6.08 Å². The zero-order valence-corrected chi connectivity index (χ0v) is 44.0. The average Bonchev–Trinajstić information content (AvgIpc) is 3.27. The van der Waals surface area contributed by atoms with Crippen molar-refractivity contribution in [3.05, 3.63) is 85.1 Å². The van der Waals surface area contributed by atoms with E-state index in [9.17, 15) is 19.0 Å². The van der Waals surface area contributed by atoms with Crippen LogP contribution in [0.5, 0.6) is 0 Å². The second-order valence-electron chi connectivity index (χ2n) is 18.6. The van der Waals surface area contributed by atoms with Gasteiger partial charge in [-0.1, -0.05) is 196 Å². The summed E-state index contributed by atoms with van der Waals surface area (Å²) in [5.41, 5.74) is 0. The molecule has 0 heterocycles. The number of rotatable bonds is 46. The molecule has 66 heavy (non-hydrogen) atoms. The highest BCUT2D eigenvalue weighted by Crippen LogP contribution is 2.38. The first-order chi connectivity index (χ1) is 31.9. The van der Waals surface area contributed by atoms with Crippen LogP contribution in [0.3, 0.4) is 0 Å². The van der Waals surface area contributed by atoms with Gasteiger partial charge in [0.1, 0.15) is 19.3 Å². The van der Waals surface area contributed by atoms with Crippen LogP contribution in [0.2, 0.25) is 0 Å². The Kier molecular flexibility index (Phi) is 44.0. The molecule has 0 radical (unpaired) electrons. The number of phosphoric acid groups is 1. The fraction of sp³-hybridized carbons (Fsp3) is 0.714. The summed E-state index contributed by atoms with van der Waals surface area (Å²) < 4.78 is 30.1. The molecule has 0 aliphatic rings. The summed E-state index contributed by atoms with van der Waals surface area (Å²) in [6, 6.07) is -0.932. The first-order valence-corrected chi connectivity index (χ1v) is 27.9. The molecule has 0 aromatic heterocycles. The van der Waals surface area contributed by atoms with Crippen LogP contribution in [0.15, 0.2) is 85.1 Å². The Balaban J connectivity index is 5.56. The molecule has 10 heteroatoms. The van der Waals surface area contributed by atoms with Crippen LogP contribution < -0.4 is 10.2 Å². The topological polar surface area (TPSA) is 114 Å². The normalized spacial score (nSPS) is 14.6. The molecule has 0 spiro atoms. The lowest BCUT2D eigenvalue weighted by atomic mass is 10.0. The molecule has 0 aromatic rings. The quantitative estimate of drug-likeness (QED) is 0.0212. The number of unbranched alkanes of at least 4 members (excludes halogenated alkanes) is 18. The Labute approximate surface area is 406 Å². The molecule has 9 nitrogen and oxygen atoms in total. The van der Waals surface area contributed by atoms with Gasteiger partial charge < -0.3 is 28.5 Å². The van der Waals surface area contributed by atoms with Crippen LogP contribution in [0, 0.1) is 0 Å². The fourth-order valence-electron chi connectivity index (χ4n) is 6.96. The van der Waals surface area contributed by atoms with Crippen LogP contribution in [0.4, 0.5) is 0 Å². The largest absolute Gasteiger partial charge is 0.756 e. The maximum atomic E-state index is 13.4. The summed E-state index contributed by atoms with van der Waals surface area (Å²) in [5, 5.41) is 2.96. The lowest BCUT2D eigenvalue weighted by Gasteiger charge is -2.30. The molecule has 0 aromatic carbocycles. The van der Waals surface area contributed by atoms with Crippen molar-refractivity contribution >= 4 is 19.7 Å². The van der Waals surface area contributed by atoms with E-state index < -0.39 is 26.6 Å². The number of amides is 1. The van der Waals surface area contributed by atoms with Crippen molar-refractivity contribution in [2.75, 3.05) is 40.9 Å². The molecular weight excluding hydrogens is 844 g/mol. The number of ether oxygens (including phenoxy) is 1.